The standard InChI is InChI=1S/C16H20N2O4S3/c1-13(16-5-4-12-23-16)17-24(19,20)14-6-8-15(9-7-14)25(21,22)18-10-2-3-11-18/h4-9,12-13,17H,2-3,10-11H2,1H3/t13-/m0/s1. The van der Waals surface area contributed by atoms with Crippen LogP contribution in [0.2, 0.25) is 0 Å². The van der Waals surface area contributed by atoms with E-state index in [1.807, 2.05) is 17.5 Å². The van der Waals surface area contributed by atoms with Gasteiger partial charge < -0.3 is 0 Å². The highest BCUT2D eigenvalue weighted by Gasteiger charge is 2.27. The number of sulfonamides is 2. The summed E-state index contributed by atoms with van der Waals surface area (Å²) >= 11 is 1.48. The van der Waals surface area contributed by atoms with Crippen molar-refractivity contribution in [3.63, 3.8) is 0 Å². The number of rotatable bonds is 6. The van der Waals surface area contributed by atoms with Gasteiger partial charge in [0.1, 0.15) is 0 Å². The number of thiophene rings is 1. The molecule has 1 aliphatic rings. The number of nitrogens with zero attached hydrogens (tertiary/aromatic N) is 1. The molecule has 1 atom stereocenters. The van der Waals surface area contributed by atoms with E-state index in [0.29, 0.717) is 13.1 Å². The predicted octanol–water partition coefficient (Wildman–Crippen LogP) is 2.57. The van der Waals surface area contributed by atoms with E-state index in [2.05, 4.69) is 4.72 Å². The van der Waals surface area contributed by atoms with E-state index >= 15 is 0 Å². The van der Waals surface area contributed by atoms with Crippen molar-refractivity contribution in [3.05, 3.63) is 46.7 Å². The minimum Gasteiger partial charge on any atom is -0.207 e. The first-order valence-corrected chi connectivity index (χ1v) is 11.8. The van der Waals surface area contributed by atoms with Gasteiger partial charge >= 0.3 is 0 Å². The Bertz CT molecular complexity index is 914. The molecule has 0 radical (unpaired) electrons. The third-order valence-electron chi connectivity index (χ3n) is 4.14. The minimum absolute atomic E-state index is 0.0521. The maximum atomic E-state index is 12.5. The van der Waals surface area contributed by atoms with E-state index in [1.54, 1.807) is 6.92 Å². The maximum absolute atomic E-state index is 12.5. The molecule has 25 heavy (non-hydrogen) atoms. The van der Waals surface area contributed by atoms with Gasteiger partial charge in [0.25, 0.3) is 0 Å². The largest absolute Gasteiger partial charge is 0.243 e. The van der Waals surface area contributed by atoms with Crippen LogP contribution in [-0.2, 0) is 20.0 Å². The molecule has 0 aliphatic carbocycles. The number of benzene rings is 1. The molecule has 1 N–H and O–H groups in total. The van der Waals surface area contributed by atoms with Gasteiger partial charge in [-0.1, -0.05) is 6.07 Å². The van der Waals surface area contributed by atoms with E-state index < -0.39 is 20.0 Å². The normalized spacial score (nSPS) is 17.6. The molecule has 6 nitrogen and oxygen atoms in total. The number of hydrogen-bond donors (Lipinski definition) is 1. The Balaban J connectivity index is 1.79. The van der Waals surface area contributed by atoms with Crippen LogP contribution in [0.3, 0.4) is 0 Å². The second-order valence-electron chi connectivity index (χ2n) is 5.94. The van der Waals surface area contributed by atoms with Gasteiger partial charge in [0, 0.05) is 18.0 Å². The molecule has 1 aliphatic heterocycles. The zero-order chi connectivity index (χ0) is 18.1. The van der Waals surface area contributed by atoms with E-state index in [0.717, 1.165) is 17.7 Å². The second kappa shape index (κ2) is 7.16. The van der Waals surface area contributed by atoms with Crippen molar-refractivity contribution in [3.8, 4) is 0 Å². The number of nitrogens with one attached hydrogen (secondary N) is 1. The summed E-state index contributed by atoms with van der Waals surface area (Å²) in [6, 6.07) is 8.78. The van der Waals surface area contributed by atoms with Crippen LogP contribution in [0.4, 0.5) is 0 Å². The molecule has 0 bridgehead atoms. The van der Waals surface area contributed by atoms with Gasteiger partial charge in [-0.2, -0.15) is 4.31 Å². The lowest BCUT2D eigenvalue weighted by Crippen LogP contribution is -2.28. The number of hydrogen-bond acceptors (Lipinski definition) is 5. The van der Waals surface area contributed by atoms with Crippen molar-refractivity contribution >= 4 is 31.4 Å². The Morgan fingerprint density at radius 1 is 1.00 bits per heavy atom. The van der Waals surface area contributed by atoms with Crippen LogP contribution >= 0.6 is 11.3 Å². The van der Waals surface area contributed by atoms with Gasteiger partial charge in [-0.15, -0.1) is 11.3 Å². The Labute approximate surface area is 152 Å². The zero-order valence-electron chi connectivity index (χ0n) is 13.8. The first-order valence-electron chi connectivity index (χ1n) is 7.97. The molecule has 0 unspecified atom stereocenters. The molecule has 1 aromatic carbocycles. The Kier molecular flexibility index (Phi) is 5.31. The molecule has 3 rings (SSSR count). The molecule has 0 spiro atoms. The minimum atomic E-state index is -3.72. The fraction of sp³-hybridized carbons (Fsp3) is 0.375. The van der Waals surface area contributed by atoms with Crippen LogP contribution in [0.5, 0.6) is 0 Å². The Hall–Kier alpha value is -1.26. The molecule has 0 saturated carbocycles. The molecule has 136 valence electrons. The summed E-state index contributed by atoms with van der Waals surface area (Å²) in [5.74, 6) is 0. The van der Waals surface area contributed by atoms with Gasteiger partial charge in [-0.25, -0.2) is 21.6 Å². The fourth-order valence-electron chi connectivity index (χ4n) is 2.76. The van der Waals surface area contributed by atoms with Crippen LogP contribution in [0.25, 0.3) is 0 Å². The van der Waals surface area contributed by atoms with Crippen LogP contribution in [0.15, 0.2) is 51.6 Å². The van der Waals surface area contributed by atoms with E-state index in [4.69, 9.17) is 0 Å². The third kappa shape index (κ3) is 3.95. The summed E-state index contributed by atoms with van der Waals surface area (Å²) in [5.41, 5.74) is 0. The Morgan fingerprint density at radius 2 is 1.60 bits per heavy atom. The molecule has 1 fully saturated rings. The van der Waals surface area contributed by atoms with E-state index in [9.17, 15) is 16.8 Å². The Morgan fingerprint density at radius 3 is 2.16 bits per heavy atom. The smallest absolute Gasteiger partial charge is 0.207 e. The van der Waals surface area contributed by atoms with Crippen LogP contribution in [-0.4, -0.2) is 34.2 Å². The van der Waals surface area contributed by atoms with Crippen molar-refractivity contribution in [2.75, 3.05) is 13.1 Å². The van der Waals surface area contributed by atoms with Gasteiger partial charge in [-0.05, 0) is 55.5 Å². The van der Waals surface area contributed by atoms with Crippen LogP contribution < -0.4 is 4.72 Å². The van der Waals surface area contributed by atoms with Crippen LogP contribution in [0, 0.1) is 0 Å². The maximum Gasteiger partial charge on any atom is 0.243 e. The summed E-state index contributed by atoms with van der Waals surface area (Å²) in [5, 5.41) is 1.89. The highest BCUT2D eigenvalue weighted by molar-refractivity contribution is 7.89. The van der Waals surface area contributed by atoms with Gasteiger partial charge in [0.2, 0.25) is 20.0 Å². The van der Waals surface area contributed by atoms with Crippen molar-refractivity contribution < 1.29 is 16.8 Å². The van der Waals surface area contributed by atoms with Gasteiger partial charge in [-0.3, -0.25) is 0 Å². The van der Waals surface area contributed by atoms with Crippen LogP contribution in [0.1, 0.15) is 30.7 Å². The monoisotopic (exact) mass is 400 g/mol. The lowest BCUT2D eigenvalue weighted by Gasteiger charge is -2.16. The summed E-state index contributed by atoms with van der Waals surface area (Å²) in [7, 11) is -7.26. The lowest BCUT2D eigenvalue weighted by molar-refractivity contribution is 0.477. The van der Waals surface area contributed by atoms with E-state index in [-0.39, 0.29) is 15.8 Å². The topological polar surface area (TPSA) is 83.5 Å². The fourth-order valence-corrected chi connectivity index (χ4v) is 6.31. The predicted molar refractivity (Wildman–Crippen MR) is 97.5 cm³/mol. The first-order chi connectivity index (χ1) is 11.8. The summed E-state index contributed by atoms with van der Waals surface area (Å²) in [6.45, 7) is 2.81. The molecule has 2 aromatic rings. The zero-order valence-corrected chi connectivity index (χ0v) is 16.2. The highest BCUT2D eigenvalue weighted by Crippen LogP contribution is 2.24. The molecule has 9 heteroatoms. The molecule has 1 aromatic heterocycles. The molecule has 0 amide bonds. The van der Waals surface area contributed by atoms with Crippen molar-refractivity contribution in [2.45, 2.75) is 35.6 Å². The van der Waals surface area contributed by atoms with Crippen molar-refractivity contribution in [2.24, 2.45) is 0 Å². The molecule has 1 saturated heterocycles. The molecule has 2 heterocycles. The lowest BCUT2D eigenvalue weighted by atomic mass is 10.3. The average molecular weight is 401 g/mol. The third-order valence-corrected chi connectivity index (χ3v) is 8.66. The van der Waals surface area contributed by atoms with E-state index in [1.165, 1.54) is 39.9 Å². The highest BCUT2D eigenvalue weighted by atomic mass is 32.2. The first kappa shape index (κ1) is 18.5. The van der Waals surface area contributed by atoms with Gasteiger partial charge in [0.05, 0.1) is 15.8 Å². The van der Waals surface area contributed by atoms with Crippen molar-refractivity contribution in [1.29, 1.82) is 0 Å². The molecular formula is C16H20N2O4S3. The average Bonchev–Trinajstić information content (AvgIpc) is 3.28. The summed E-state index contributed by atoms with van der Waals surface area (Å²) in [6.07, 6.45) is 1.71. The summed E-state index contributed by atoms with van der Waals surface area (Å²) < 4.78 is 54.0. The van der Waals surface area contributed by atoms with Gasteiger partial charge in [0.15, 0.2) is 0 Å². The summed E-state index contributed by atoms with van der Waals surface area (Å²) in [4.78, 5) is 1.09. The SMILES string of the molecule is C[C@H](NS(=O)(=O)c1ccc(S(=O)(=O)N2CCCC2)cc1)c1cccs1. The molecular weight excluding hydrogens is 380 g/mol. The quantitative estimate of drug-likeness (QED) is 0.808. The van der Waals surface area contributed by atoms with Crippen molar-refractivity contribution in [1.82, 2.24) is 9.03 Å². The second-order valence-corrected chi connectivity index (χ2v) is 10.6.